The highest BCUT2D eigenvalue weighted by Gasteiger charge is 2.39. The number of methoxy groups -OCH3 is 1. The lowest BCUT2D eigenvalue weighted by Crippen LogP contribution is -2.38. The number of amides is 1. The summed E-state index contributed by atoms with van der Waals surface area (Å²) in [4.78, 5) is 23.1. The number of hydrogen-bond acceptors (Lipinski definition) is 4. The smallest absolute Gasteiger partial charge is 0.235 e. The number of nitrogens with zero attached hydrogens (tertiary/aromatic N) is 3. The van der Waals surface area contributed by atoms with E-state index < -0.39 is 5.92 Å². The number of aliphatic imine (C=N–C) groups is 1. The fourth-order valence-corrected chi connectivity index (χ4v) is 4.73. The van der Waals surface area contributed by atoms with E-state index in [1.54, 1.807) is 7.11 Å². The average molecular weight is 489 g/mol. The molecule has 32 heavy (non-hydrogen) atoms. The van der Waals surface area contributed by atoms with Crippen LogP contribution in [0.1, 0.15) is 18.5 Å². The molecule has 1 aliphatic heterocycles. The van der Waals surface area contributed by atoms with Gasteiger partial charge in [-0.2, -0.15) is 0 Å². The number of carbonyl (C=O) groups excluding carboxylic acids is 1. The third-order valence-corrected chi connectivity index (χ3v) is 6.23. The third-order valence-electron chi connectivity index (χ3n) is 5.74. The molecule has 0 saturated carbocycles. The Morgan fingerprint density at radius 2 is 1.84 bits per heavy atom. The third kappa shape index (κ3) is 3.48. The molecular formula is C25H21BrN4O2. The summed E-state index contributed by atoms with van der Waals surface area (Å²) in [5.74, 6) is 0.539. The van der Waals surface area contributed by atoms with Crippen molar-refractivity contribution in [1.29, 1.82) is 0 Å². The number of imidazole rings is 1. The van der Waals surface area contributed by atoms with E-state index >= 15 is 0 Å². The van der Waals surface area contributed by atoms with Crippen LogP contribution in [0.5, 0.6) is 5.75 Å². The van der Waals surface area contributed by atoms with Crippen LogP contribution in [-0.4, -0.2) is 28.3 Å². The van der Waals surface area contributed by atoms with Gasteiger partial charge in [0.2, 0.25) is 11.9 Å². The molecule has 0 spiro atoms. The Balaban J connectivity index is 1.66. The topological polar surface area (TPSA) is 68.5 Å². The van der Waals surface area contributed by atoms with Crippen molar-refractivity contribution in [3.8, 4) is 5.75 Å². The first-order valence-electron chi connectivity index (χ1n) is 10.3. The van der Waals surface area contributed by atoms with Gasteiger partial charge in [-0.05, 0) is 48.9 Å². The highest BCUT2D eigenvalue weighted by atomic mass is 79.9. The molecule has 5 rings (SSSR count). The Morgan fingerprint density at radius 1 is 1.06 bits per heavy atom. The van der Waals surface area contributed by atoms with Crippen molar-refractivity contribution in [1.82, 2.24) is 9.55 Å². The van der Waals surface area contributed by atoms with Crippen LogP contribution in [0.15, 0.2) is 82.3 Å². The van der Waals surface area contributed by atoms with Crippen LogP contribution in [0.3, 0.4) is 0 Å². The SMILES string of the molecule is COc1ccccc1NC(=O)C1C(C)=Nc2nc3ccccc3n2C1c1cccc(Br)c1. The van der Waals surface area contributed by atoms with E-state index in [9.17, 15) is 4.79 Å². The fraction of sp³-hybridized carbons (Fsp3) is 0.160. The number of aromatic nitrogens is 2. The molecular weight excluding hydrogens is 468 g/mol. The molecule has 2 unspecified atom stereocenters. The van der Waals surface area contributed by atoms with E-state index in [-0.39, 0.29) is 11.9 Å². The molecule has 0 fully saturated rings. The van der Waals surface area contributed by atoms with E-state index in [0.717, 1.165) is 21.1 Å². The zero-order valence-electron chi connectivity index (χ0n) is 17.6. The molecule has 160 valence electrons. The standard InChI is InChI=1S/C25H21BrN4O2/c1-15-22(24(31)28-19-11-4-6-13-21(19)32-2)23(16-8-7-9-17(26)14-16)30-20-12-5-3-10-18(20)29-25(30)27-15/h3-14,22-23H,1-2H3,(H,28,31). The minimum Gasteiger partial charge on any atom is -0.495 e. The minimum atomic E-state index is -0.528. The van der Waals surface area contributed by atoms with Gasteiger partial charge in [0.1, 0.15) is 11.7 Å². The largest absolute Gasteiger partial charge is 0.495 e. The molecule has 6 nitrogen and oxygen atoms in total. The molecule has 3 aromatic carbocycles. The molecule has 0 saturated heterocycles. The highest BCUT2D eigenvalue weighted by Crippen LogP contribution is 2.41. The summed E-state index contributed by atoms with van der Waals surface area (Å²) >= 11 is 3.58. The molecule has 1 N–H and O–H groups in total. The number of anilines is 1. The van der Waals surface area contributed by atoms with Gasteiger partial charge in [0.25, 0.3) is 0 Å². The lowest BCUT2D eigenvalue weighted by atomic mass is 9.87. The predicted octanol–water partition coefficient (Wildman–Crippen LogP) is 5.76. The summed E-state index contributed by atoms with van der Waals surface area (Å²) in [6.07, 6.45) is 0. The number of para-hydroxylation sites is 4. The van der Waals surface area contributed by atoms with Crippen molar-refractivity contribution in [3.05, 3.63) is 82.8 Å². The van der Waals surface area contributed by atoms with Gasteiger partial charge in [0.05, 0.1) is 29.9 Å². The van der Waals surface area contributed by atoms with Crippen LogP contribution in [0.25, 0.3) is 11.0 Å². The summed E-state index contributed by atoms with van der Waals surface area (Å²) in [6.45, 7) is 1.89. The first kappa shape index (κ1) is 20.5. The van der Waals surface area contributed by atoms with Gasteiger partial charge in [0.15, 0.2) is 0 Å². The molecule has 4 aromatic rings. The van der Waals surface area contributed by atoms with Crippen LogP contribution in [0, 0.1) is 5.92 Å². The fourth-order valence-electron chi connectivity index (χ4n) is 4.31. The number of rotatable bonds is 4. The van der Waals surface area contributed by atoms with Crippen molar-refractivity contribution in [3.63, 3.8) is 0 Å². The van der Waals surface area contributed by atoms with Gasteiger partial charge in [-0.1, -0.05) is 52.3 Å². The van der Waals surface area contributed by atoms with Crippen molar-refractivity contribution >= 4 is 50.2 Å². The minimum absolute atomic E-state index is 0.149. The van der Waals surface area contributed by atoms with E-state index in [1.807, 2.05) is 79.7 Å². The van der Waals surface area contributed by atoms with Crippen LogP contribution in [-0.2, 0) is 4.79 Å². The monoisotopic (exact) mass is 488 g/mol. The maximum atomic E-state index is 13.7. The van der Waals surface area contributed by atoms with E-state index in [0.29, 0.717) is 23.1 Å². The zero-order chi connectivity index (χ0) is 22.2. The summed E-state index contributed by atoms with van der Waals surface area (Å²) in [7, 11) is 1.59. The summed E-state index contributed by atoms with van der Waals surface area (Å²) < 4.78 is 8.44. The highest BCUT2D eigenvalue weighted by molar-refractivity contribution is 9.10. The average Bonchev–Trinajstić information content (AvgIpc) is 3.16. The van der Waals surface area contributed by atoms with Gasteiger partial charge in [-0.25, -0.2) is 9.98 Å². The summed E-state index contributed by atoms with van der Waals surface area (Å²) in [5, 5.41) is 3.06. The first-order chi connectivity index (χ1) is 15.6. The van der Waals surface area contributed by atoms with Gasteiger partial charge in [0, 0.05) is 10.2 Å². The molecule has 2 heterocycles. The van der Waals surface area contributed by atoms with Crippen molar-refractivity contribution in [2.24, 2.45) is 10.9 Å². The maximum absolute atomic E-state index is 13.7. The Labute approximate surface area is 194 Å². The Hall–Kier alpha value is -3.45. The van der Waals surface area contributed by atoms with Crippen molar-refractivity contribution in [2.75, 3.05) is 12.4 Å². The Bertz CT molecular complexity index is 1360. The van der Waals surface area contributed by atoms with E-state index in [4.69, 9.17) is 14.7 Å². The van der Waals surface area contributed by atoms with Crippen molar-refractivity contribution < 1.29 is 9.53 Å². The van der Waals surface area contributed by atoms with Crippen molar-refractivity contribution in [2.45, 2.75) is 13.0 Å². The van der Waals surface area contributed by atoms with Crippen LogP contribution < -0.4 is 10.1 Å². The molecule has 0 aliphatic carbocycles. The number of halogens is 1. The molecule has 7 heteroatoms. The molecule has 0 radical (unpaired) electrons. The van der Waals surface area contributed by atoms with E-state index in [1.165, 1.54) is 0 Å². The van der Waals surface area contributed by atoms with Gasteiger partial charge in [-0.3, -0.25) is 9.36 Å². The number of fused-ring (bicyclic) bond motifs is 3. The number of hydrogen-bond donors (Lipinski definition) is 1. The Morgan fingerprint density at radius 3 is 2.66 bits per heavy atom. The second kappa shape index (κ2) is 8.24. The number of carbonyl (C=O) groups is 1. The second-order valence-corrected chi connectivity index (χ2v) is 8.61. The lowest BCUT2D eigenvalue weighted by Gasteiger charge is -2.32. The summed E-state index contributed by atoms with van der Waals surface area (Å²) in [6, 6.07) is 23.0. The van der Waals surface area contributed by atoms with Crippen LogP contribution >= 0.6 is 15.9 Å². The quantitative estimate of drug-likeness (QED) is 0.397. The molecule has 2 atom stereocenters. The second-order valence-electron chi connectivity index (χ2n) is 7.69. The van der Waals surface area contributed by atoms with E-state index in [2.05, 4.69) is 25.8 Å². The lowest BCUT2D eigenvalue weighted by molar-refractivity contribution is -0.118. The maximum Gasteiger partial charge on any atom is 0.235 e. The van der Waals surface area contributed by atoms with Gasteiger partial charge >= 0.3 is 0 Å². The number of nitrogens with one attached hydrogen (secondary N) is 1. The van der Waals surface area contributed by atoms with Gasteiger partial charge < -0.3 is 10.1 Å². The molecule has 0 bridgehead atoms. The Kier molecular flexibility index (Phi) is 5.27. The number of ether oxygens (including phenoxy) is 1. The van der Waals surface area contributed by atoms with Gasteiger partial charge in [-0.15, -0.1) is 0 Å². The molecule has 1 aliphatic rings. The molecule has 1 amide bonds. The number of benzene rings is 3. The summed E-state index contributed by atoms with van der Waals surface area (Å²) in [5.41, 5.74) is 4.13. The van der Waals surface area contributed by atoms with Crippen LogP contribution in [0.2, 0.25) is 0 Å². The molecule has 1 aromatic heterocycles. The van der Waals surface area contributed by atoms with Crippen LogP contribution in [0.4, 0.5) is 11.6 Å². The zero-order valence-corrected chi connectivity index (χ0v) is 19.2. The first-order valence-corrected chi connectivity index (χ1v) is 11.1. The normalized spacial score (nSPS) is 17.5. The predicted molar refractivity (Wildman–Crippen MR) is 130 cm³/mol.